The molecule has 12 nitrogen and oxygen atoms in total. The first kappa shape index (κ1) is 59.4. The second kappa shape index (κ2) is 24.6. The summed E-state index contributed by atoms with van der Waals surface area (Å²) in [5.74, 6) is 0.861. The van der Waals surface area contributed by atoms with E-state index >= 15 is 0 Å². The van der Waals surface area contributed by atoms with Crippen LogP contribution in [0.15, 0.2) is 54.6 Å². The molecule has 0 radical (unpaired) electrons. The summed E-state index contributed by atoms with van der Waals surface area (Å²) < 4.78 is 22.2. The Bertz CT molecular complexity index is 2850. The fourth-order valence-electron chi connectivity index (χ4n) is 15.9. The highest BCUT2D eigenvalue weighted by molar-refractivity contribution is 6.33. The van der Waals surface area contributed by atoms with E-state index in [4.69, 9.17) is 42.1 Å². The number of methoxy groups -OCH3 is 4. The van der Waals surface area contributed by atoms with E-state index in [9.17, 15) is 39.6 Å². The number of carboxylic acids is 4. The van der Waals surface area contributed by atoms with E-state index in [0.717, 1.165) is 54.8 Å². The van der Waals surface area contributed by atoms with Gasteiger partial charge in [-0.05, 0) is 216 Å². The van der Waals surface area contributed by atoms with Gasteiger partial charge in [-0.25, -0.2) is 19.2 Å². The number of hydrogen-bond acceptors (Lipinski definition) is 8. The Labute approximate surface area is 476 Å². The second-order valence-electron chi connectivity index (χ2n) is 24.3. The van der Waals surface area contributed by atoms with Crippen LogP contribution in [0, 0.1) is 58.2 Å². The smallest absolute Gasteiger partial charge is 0.339 e. The van der Waals surface area contributed by atoms with Crippen LogP contribution in [-0.4, -0.2) is 72.7 Å². The molecule has 9 atom stereocenters. The Morgan fingerprint density at radius 1 is 0.595 bits per heavy atom. The Hall–Kier alpha value is -5.72. The van der Waals surface area contributed by atoms with Crippen molar-refractivity contribution in [3.05, 3.63) is 120 Å². The van der Waals surface area contributed by atoms with E-state index in [2.05, 4.69) is 40.7 Å². The lowest BCUT2D eigenvalue weighted by atomic mass is 9.44. The third-order valence-electron chi connectivity index (χ3n) is 19.6. The summed E-state index contributed by atoms with van der Waals surface area (Å²) in [6.07, 6.45) is 19.0. The molecule has 4 aromatic carbocycles. The number of carbonyl (C=O) groups is 4. The number of ether oxygens (including phenoxy) is 4. The van der Waals surface area contributed by atoms with Gasteiger partial charge in [0.2, 0.25) is 0 Å². The first-order valence-electron chi connectivity index (χ1n) is 28.4. The molecule has 0 bridgehead atoms. The van der Waals surface area contributed by atoms with Crippen molar-refractivity contribution in [2.24, 2.45) is 58.2 Å². The second-order valence-corrected chi connectivity index (χ2v) is 25.2. The number of hydrogen-bond donors (Lipinski definition) is 4. The van der Waals surface area contributed by atoms with Crippen LogP contribution in [-0.2, 0) is 12.8 Å². The number of fused-ring (bicyclic) bond motifs is 5. The maximum Gasteiger partial charge on any atom is 0.339 e. The summed E-state index contributed by atoms with van der Waals surface area (Å²) in [5.41, 5.74) is 3.30. The predicted octanol–water partition coefficient (Wildman–Crippen LogP) is 16.0. The maximum atomic E-state index is 13.3. The zero-order valence-electron chi connectivity index (χ0n) is 47.4. The highest BCUT2D eigenvalue weighted by Gasteiger charge is 2.60. The lowest BCUT2D eigenvalue weighted by Gasteiger charge is -2.61. The molecular weight excluding hydrogens is 1040 g/mol. The Balaban J connectivity index is 1.15. The lowest BCUT2D eigenvalue weighted by molar-refractivity contribution is -0.121. The number of rotatable bonds is 22. The molecule has 0 saturated heterocycles. The lowest BCUT2D eigenvalue weighted by Crippen LogP contribution is -2.53. The average Bonchev–Trinajstić information content (AvgIpc) is 3.83. The molecule has 2 unspecified atom stereocenters. The molecule has 0 spiro atoms. The molecule has 0 amide bonds. The van der Waals surface area contributed by atoms with Gasteiger partial charge in [-0.15, -0.1) is 0 Å². The highest BCUT2D eigenvalue weighted by Crippen LogP contribution is 2.69. The minimum atomic E-state index is -1.27. The van der Waals surface area contributed by atoms with Crippen LogP contribution in [0.5, 0.6) is 23.0 Å². The van der Waals surface area contributed by atoms with Crippen molar-refractivity contribution in [3.8, 4) is 23.0 Å². The molecule has 4 fully saturated rings. The average molecular weight is 1120 g/mol. The van der Waals surface area contributed by atoms with Crippen LogP contribution in [0.1, 0.15) is 199 Å². The zero-order chi connectivity index (χ0) is 57.2. The largest absolute Gasteiger partial charge is 0.496 e. The molecule has 8 rings (SSSR count). The van der Waals surface area contributed by atoms with E-state index in [0.29, 0.717) is 68.0 Å². The number of allylic oxidation sites excluding steroid dienone is 1. The summed E-state index contributed by atoms with van der Waals surface area (Å²) >= 11 is 13.2. The first-order valence-corrected chi connectivity index (χ1v) is 29.1. The summed E-state index contributed by atoms with van der Waals surface area (Å²) in [6.45, 7) is 12.5. The maximum absolute atomic E-state index is 13.3. The molecule has 0 heterocycles. The summed E-state index contributed by atoms with van der Waals surface area (Å²) in [7, 11) is 5.40. The summed E-state index contributed by atoms with van der Waals surface area (Å²) in [5, 5.41) is 41.9. The SMILES string of the molecule is COc1c(Cl)cc(Cc2cc(C(=CCC[C@H]3CC[C@@]4(C)C(CC[C@H]5[C@@H]6CC[C@H](C(C)CCCC(C)C)[C@@]6(C)CC[C@@H]54)C3)c3cc(Cc4cc(Cl)c(OC)c(C(=O)O)c4)c(OC)c(C(=O)O)c3)cc(C(=O)O)c2OC)cc1C(=O)O. The molecule has 4 aliphatic rings. The van der Waals surface area contributed by atoms with E-state index in [1.54, 1.807) is 24.3 Å². The molecular formula is C65H80Cl2O12. The monoisotopic (exact) mass is 1120 g/mol. The minimum absolute atomic E-state index is 0.00909. The van der Waals surface area contributed by atoms with Crippen molar-refractivity contribution >= 4 is 52.7 Å². The Kier molecular flexibility index (Phi) is 18.5. The standard InChI is InChI=1S/C65H80Cl2O12/c1-35(2)12-10-13-36(3)51-18-19-52-46-17-16-44-26-37(20-22-64(44,4)53(46)21-23-65(51,52)5)14-11-15-45(40-31-42(56(76-6)49(33-40)62(72)73)24-38-27-47(60(68)69)58(78-8)54(66)29-38)41-32-43(57(77-7)50(34-41)63(74)75)25-39-28-48(61(70)71)59(79-9)55(67)30-39/h15,27-37,44,46,51-53H,10-14,16-26H2,1-9H3,(H,68,69)(H,70,71)(H,72,73)(H,74,75)/t36?,37-,44?,46-,51+,52-,53-,64-,65+/m0/s1. The number of benzene rings is 4. The van der Waals surface area contributed by atoms with Crippen molar-refractivity contribution in [1.82, 2.24) is 0 Å². The van der Waals surface area contributed by atoms with Crippen LogP contribution in [0.3, 0.4) is 0 Å². The fraction of sp³-hybridized carbons (Fsp3) is 0.538. The van der Waals surface area contributed by atoms with Crippen molar-refractivity contribution in [3.63, 3.8) is 0 Å². The summed E-state index contributed by atoms with van der Waals surface area (Å²) in [6, 6.07) is 12.6. The van der Waals surface area contributed by atoms with Gasteiger partial charge in [-0.1, -0.05) is 83.2 Å². The molecule has 4 saturated carbocycles. The summed E-state index contributed by atoms with van der Waals surface area (Å²) in [4.78, 5) is 51.3. The number of aromatic carboxylic acids is 4. The van der Waals surface area contributed by atoms with Crippen molar-refractivity contribution in [2.75, 3.05) is 28.4 Å². The van der Waals surface area contributed by atoms with Gasteiger partial charge < -0.3 is 39.4 Å². The van der Waals surface area contributed by atoms with Crippen molar-refractivity contribution < 1.29 is 58.6 Å². The van der Waals surface area contributed by atoms with Crippen molar-refractivity contribution in [1.29, 1.82) is 0 Å². The molecule has 426 valence electrons. The molecule has 79 heavy (non-hydrogen) atoms. The quantitative estimate of drug-likeness (QED) is 0.0584. The van der Waals surface area contributed by atoms with E-state index in [1.807, 2.05) is 0 Å². The molecule has 4 N–H and O–H groups in total. The van der Waals surface area contributed by atoms with Gasteiger partial charge in [-0.2, -0.15) is 0 Å². The van der Waals surface area contributed by atoms with Gasteiger partial charge in [0.25, 0.3) is 0 Å². The molecule has 0 aromatic heterocycles. The van der Waals surface area contributed by atoms with Crippen LogP contribution >= 0.6 is 23.2 Å². The fourth-order valence-corrected chi connectivity index (χ4v) is 16.6. The van der Waals surface area contributed by atoms with Gasteiger partial charge >= 0.3 is 23.9 Å². The third-order valence-corrected chi connectivity index (χ3v) is 20.1. The van der Waals surface area contributed by atoms with Gasteiger partial charge in [0, 0.05) is 12.8 Å². The molecule has 4 aromatic rings. The third kappa shape index (κ3) is 12.0. The van der Waals surface area contributed by atoms with Gasteiger partial charge in [0.1, 0.15) is 33.8 Å². The Morgan fingerprint density at radius 3 is 1.56 bits per heavy atom. The van der Waals surface area contributed by atoms with Crippen molar-refractivity contribution in [2.45, 2.75) is 137 Å². The highest BCUT2D eigenvalue weighted by atomic mass is 35.5. The zero-order valence-corrected chi connectivity index (χ0v) is 49.0. The Morgan fingerprint density at radius 2 is 1.08 bits per heavy atom. The predicted molar refractivity (Wildman–Crippen MR) is 308 cm³/mol. The number of carboxylic acid groups (broad SMARTS) is 4. The van der Waals surface area contributed by atoms with Crippen LogP contribution in [0.25, 0.3) is 5.57 Å². The van der Waals surface area contributed by atoms with Crippen LogP contribution in [0.2, 0.25) is 10.0 Å². The van der Waals surface area contributed by atoms with Gasteiger partial charge in [0.15, 0.2) is 11.5 Å². The number of halogens is 2. The van der Waals surface area contributed by atoms with Crippen LogP contribution in [0.4, 0.5) is 0 Å². The van der Waals surface area contributed by atoms with E-state index in [-0.39, 0.29) is 68.1 Å². The van der Waals surface area contributed by atoms with Crippen LogP contribution < -0.4 is 18.9 Å². The normalized spacial score (nSPS) is 24.6. The van der Waals surface area contributed by atoms with E-state index < -0.39 is 23.9 Å². The van der Waals surface area contributed by atoms with Gasteiger partial charge in [-0.3, -0.25) is 0 Å². The van der Waals surface area contributed by atoms with Gasteiger partial charge in [0.05, 0.1) is 38.5 Å². The molecule has 0 aliphatic heterocycles. The molecule has 14 heteroatoms. The minimum Gasteiger partial charge on any atom is -0.496 e. The first-order chi connectivity index (χ1) is 37.6. The van der Waals surface area contributed by atoms with E-state index in [1.165, 1.54) is 117 Å². The molecule has 4 aliphatic carbocycles. The topological polar surface area (TPSA) is 186 Å².